The molecular formula is C16H20N2O4S2. The molecule has 2 unspecified atom stereocenters. The first kappa shape index (κ1) is 17.3. The third-order valence-corrected chi connectivity index (χ3v) is 7.39. The van der Waals surface area contributed by atoms with E-state index in [2.05, 4.69) is 5.32 Å². The van der Waals surface area contributed by atoms with Crippen LogP contribution in [0.3, 0.4) is 0 Å². The van der Waals surface area contributed by atoms with Crippen molar-refractivity contribution in [3.63, 3.8) is 0 Å². The first-order valence-electron chi connectivity index (χ1n) is 7.74. The van der Waals surface area contributed by atoms with Crippen LogP contribution < -0.4 is 5.32 Å². The van der Waals surface area contributed by atoms with Crippen molar-refractivity contribution in [2.24, 2.45) is 0 Å². The average molecular weight is 368 g/mol. The highest BCUT2D eigenvalue weighted by atomic mass is 32.2. The van der Waals surface area contributed by atoms with Crippen molar-refractivity contribution in [1.82, 2.24) is 4.90 Å². The fraction of sp³-hybridized carbons (Fsp3) is 0.562. The van der Waals surface area contributed by atoms with Crippen molar-refractivity contribution in [2.75, 3.05) is 18.2 Å². The van der Waals surface area contributed by atoms with E-state index in [1.165, 1.54) is 18.4 Å². The molecule has 0 saturated carbocycles. The van der Waals surface area contributed by atoms with E-state index in [9.17, 15) is 14.4 Å². The second-order valence-corrected chi connectivity index (χ2v) is 8.96. The molecular weight excluding hydrogens is 348 g/mol. The summed E-state index contributed by atoms with van der Waals surface area (Å²) in [5.74, 6) is -0.109. The van der Waals surface area contributed by atoms with Gasteiger partial charge in [0.05, 0.1) is 17.5 Å². The van der Waals surface area contributed by atoms with E-state index in [1.54, 1.807) is 16.7 Å². The predicted octanol–water partition coefficient (Wildman–Crippen LogP) is 2.54. The highest BCUT2D eigenvalue weighted by Gasteiger charge is 2.53. The minimum atomic E-state index is -0.497. The Balaban J connectivity index is 1.85. The van der Waals surface area contributed by atoms with Crippen molar-refractivity contribution in [1.29, 1.82) is 0 Å². The standard InChI is InChI=1S/C16H20N2O4S2/c1-8-9(2)24-14(12(8)15(21)22-4)17-13(20)10-7-23-16(3)6-5-11(19)18(10)16/h10H,5-7H2,1-4H3,(H,17,20). The summed E-state index contributed by atoms with van der Waals surface area (Å²) in [5.41, 5.74) is 1.21. The first-order chi connectivity index (χ1) is 11.3. The Kier molecular flexibility index (Phi) is 4.37. The number of hydrogen-bond donors (Lipinski definition) is 1. The summed E-state index contributed by atoms with van der Waals surface area (Å²) < 4.78 is 4.83. The number of esters is 1. The van der Waals surface area contributed by atoms with Crippen molar-refractivity contribution >= 4 is 45.9 Å². The van der Waals surface area contributed by atoms with E-state index in [1.807, 2.05) is 20.8 Å². The molecule has 3 heterocycles. The number of nitrogens with one attached hydrogen (secondary N) is 1. The summed E-state index contributed by atoms with van der Waals surface area (Å²) in [7, 11) is 1.32. The van der Waals surface area contributed by atoms with Gasteiger partial charge in [0, 0.05) is 17.1 Å². The van der Waals surface area contributed by atoms with Crippen LogP contribution in [-0.4, -0.2) is 46.5 Å². The number of nitrogens with zero attached hydrogens (tertiary/aromatic N) is 1. The Morgan fingerprint density at radius 3 is 2.75 bits per heavy atom. The molecule has 0 spiro atoms. The molecule has 2 amide bonds. The number of aryl methyl sites for hydroxylation is 1. The van der Waals surface area contributed by atoms with Crippen LogP contribution in [0.2, 0.25) is 0 Å². The summed E-state index contributed by atoms with van der Waals surface area (Å²) >= 11 is 3.00. The molecule has 1 aromatic heterocycles. The zero-order valence-corrected chi connectivity index (χ0v) is 15.7. The second kappa shape index (κ2) is 6.07. The number of ether oxygens (including phenoxy) is 1. The number of amides is 2. The highest BCUT2D eigenvalue weighted by Crippen LogP contribution is 2.47. The molecule has 2 fully saturated rings. The van der Waals surface area contributed by atoms with Gasteiger partial charge < -0.3 is 15.0 Å². The van der Waals surface area contributed by atoms with E-state index >= 15 is 0 Å². The third-order valence-electron chi connectivity index (χ3n) is 4.76. The molecule has 1 aromatic rings. The number of methoxy groups -OCH3 is 1. The number of thioether (sulfide) groups is 1. The normalized spacial score (nSPS) is 25.8. The van der Waals surface area contributed by atoms with Crippen molar-refractivity contribution in [2.45, 2.75) is 44.5 Å². The molecule has 8 heteroatoms. The number of carbonyl (C=O) groups is 3. The van der Waals surface area contributed by atoms with Crippen LogP contribution in [0.1, 0.15) is 40.6 Å². The van der Waals surface area contributed by atoms with Gasteiger partial charge in [0.15, 0.2) is 0 Å². The molecule has 130 valence electrons. The Bertz CT molecular complexity index is 730. The van der Waals surface area contributed by atoms with Crippen LogP contribution in [0.15, 0.2) is 0 Å². The zero-order valence-electron chi connectivity index (χ0n) is 14.1. The lowest BCUT2D eigenvalue weighted by Crippen LogP contribution is -2.48. The summed E-state index contributed by atoms with van der Waals surface area (Å²) in [5, 5.41) is 3.34. The maximum atomic E-state index is 12.8. The molecule has 0 bridgehead atoms. The Morgan fingerprint density at radius 1 is 1.38 bits per heavy atom. The van der Waals surface area contributed by atoms with Gasteiger partial charge >= 0.3 is 5.97 Å². The number of hydrogen-bond acceptors (Lipinski definition) is 6. The lowest BCUT2D eigenvalue weighted by atomic mass is 10.1. The first-order valence-corrected chi connectivity index (χ1v) is 9.54. The molecule has 0 aliphatic carbocycles. The largest absolute Gasteiger partial charge is 0.465 e. The summed E-state index contributed by atoms with van der Waals surface area (Å²) in [6.45, 7) is 5.74. The van der Waals surface area contributed by atoms with E-state index in [-0.39, 0.29) is 16.7 Å². The van der Waals surface area contributed by atoms with Gasteiger partial charge in [0.1, 0.15) is 11.0 Å². The number of rotatable bonds is 3. The SMILES string of the molecule is COC(=O)c1c(NC(=O)C2CSC3(C)CCC(=O)N23)sc(C)c1C. The van der Waals surface area contributed by atoms with Gasteiger partial charge in [-0.2, -0.15) is 0 Å². The van der Waals surface area contributed by atoms with Gasteiger partial charge in [0.25, 0.3) is 0 Å². The van der Waals surface area contributed by atoms with Crippen LogP contribution in [0.25, 0.3) is 0 Å². The topological polar surface area (TPSA) is 75.7 Å². The van der Waals surface area contributed by atoms with Crippen molar-refractivity contribution in [3.8, 4) is 0 Å². The van der Waals surface area contributed by atoms with Gasteiger partial charge in [-0.3, -0.25) is 9.59 Å². The maximum absolute atomic E-state index is 12.8. The lowest BCUT2D eigenvalue weighted by Gasteiger charge is -2.29. The van der Waals surface area contributed by atoms with Crippen molar-refractivity contribution < 1.29 is 19.1 Å². The minimum Gasteiger partial charge on any atom is -0.465 e. The van der Waals surface area contributed by atoms with Gasteiger partial charge in [-0.15, -0.1) is 23.1 Å². The number of anilines is 1. The Morgan fingerprint density at radius 2 is 2.08 bits per heavy atom. The summed E-state index contributed by atoms with van der Waals surface area (Å²) in [6.07, 6.45) is 1.25. The third kappa shape index (κ3) is 2.61. The molecule has 6 nitrogen and oxygen atoms in total. The van der Waals surface area contributed by atoms with E-state index in [4.69, 9.17) is 4.74 Å². The maximum Gasteiger partial charge on any atom is 0.341 e. The Hall–Kier alpha value is -1.54. The lowest BCUT2D eigenvalue weighted by molar-refractivity contribution is -0.135. The van der Waals surface area contributed by atoms with Crippen LogP contribution in [0, 0.1) is 13.8 Å². The van der Waals surface area contributed by atoms with E-state index in [0.717, 1.165) is 16.9 Å². The fourth-order valence-electron chi connectivity index (χ4n) is 3.27. The van der Waals surface area contributed by atoms with E-state index in [0.29, 0.717) is 22.7 Å². The molecule has 2 aliphatic rings. The van der Waals surface area contributed by atoms with Crippen LogP contribution in [0.4, 0.5) is 5.00 Å². The average Bonchev–Trinajstić information content (AvgIpc) is 3.12. The quantitative estimate of drug-likeness (QED) is 0.830. The van der Waals surface area contributed by atoms with Crippen LogP contribution in [-0.2, 0) is 14.3 Å². The number of fused-ring (bicyclic) bond motifs is 1. The number of thiophene rings is 1. The van der Waals surface area contributed by atoms with Crippen LogP contribution >= 0.6 is 23.1 Å². The molecule has 2 saturated heterocycles. The predicted molar refractivity (Wildman–Crippen MR) is 94.5 cm³/mol. The molecule has 2 atom stereocenters. The van der Waals surface area contributed by atoms with Crippen LogP contribution in [0.5, 0.6) is 0 Å². The van der Waals surface area contributed by atoms with Gasteiger partial charge in [-0.05, 0) is 32.8 Å². The Labute approximate surface area is 148 Å². The molecule has 0 radical (unpaired) electrons. The molecule has 24 heavy (non-hydrogen) atoms. The van der Waals surface area contributed by atoms with E-state index < -0.39 is 12.0 Å². The molecule has 1 N–H and O–H groups in total. The minimum absolute atomic E-state index is 0.0226. The summed E-state index contributed by atoms with van der Waals surface area (Å²) in [6, 6.07) is -0.497. The molecule has 3 rings (SSSR count). The molecule has 2 aliphatic heterocycles. The highest BCUT2D eigenvalue weighted by molar-refractivity contribution is 8.01. The smallest absolute Gasteiger partial charge is 0.341 e. The zero-order chi connectivity index (χ0) is 17.6. The number of carbonyl (C=O) groups excluding carboxylic acids is 3. The van der Waals surface area contributed by atoms with Gasteiger partial charge in [-0.25, -0.2) is 4.79 Å². The summed E-state index contributed by atoms with van der Waals surface area (Å²) in [4.78, 5) is 39.3. The monoisotopic (exact) mass is 368 g/mol. The second-order valence-electron chi connectivity index (χ2n) is 6.23. The van der Waals surface area contributed by atoms with Gasteiger partial charge in [-0.1, -0.05) is 0 Å². The fourth-order valence-corrected chi connectivity index (χ4v) is 5.76. The van der Waals surface area contributed by atoms with Gasteiger partial charge in [0.2, 0.25) is 11.8 Å². The molecule has 0 aromatic carbocycles. The van der Waals surface area contributed by atoms with Crippen molar-refractivity contribution in [3.05, 3.63) is 16.0 Å².